The van der Waals surface area contributed by atoms with Gasteiger partial charge < -0.3 is 5.32 Å². The van der Waals surface area contributed by atoms with E-state index >= 15 is 0 Å². The Morgan fingerprint density at radius 2 is 2.44 bits per heavy atom. The quantitative estimate of drug-likeness (QED) is 0.648. The topological polar surface area (TPSA) is 42.0 Å². The van der Waals surface area contributed by atoms with E-state index in [2.05, 4.69) is 22.5 Å². The van der Waals surface area contributed by atoms with Gasteiger partial charge in [0, 0.05) is 6.42 Å². The number of carbonyl (C=O) groups excluding carboxylic acids is 1. The number of nitrogens with zero attached hydrogens (tertiary/aromatic N) is 1. The molecular formula is C12H13ClN2O. The van der Waals surface area contributed by atoms with Crippen molar-refractivity contribution in [2.75, 3.05) is 5.32 Å². The predicted molar refractivity (Wildman–Crippen MR) is 64.4 cm³/mol. The van der Waals surface area contributed by atoms with Crippen LogP contribution in [0.5, 0.6) is 0 Å². The van der Waals surface area contributed by atoms with Crippen LogP contribution in [-0.2, 0) is 4.79 Å². The minimum absolute atomic E-state index is 0.0284. The Bertz CT molecular complexity index is 400. The minimum atomic E-state index is 0.0284. The van der Waals surface area contributed by atoms with E-state index in [1.165, 1.54) is 0 Å². The molecule has 1 N–H and O–H groups in total. The summed E-state index contributed by atoms with van der Waals surface area (Å²) in [7, 11) is 0. The van der Waals surface area contributed by atoms with Crippen LogP contribution in [0.25, 0.3) is 0 Å². The Balaban J connectivity index is 1.86. The molecule has 0 aliphatic heterocycles. The Hall–Kier alpha value is -1.35. The summed E-state index contributed by atoms with van der Waals surface area (Å²) in [6.07, 6.45) is 8.50. The van der Waals surface area contributed by atoms with Crippen molar-refractivity contribution in [3.8, 4) is 0 Å². The summed E-state index contributed by atoms with van der Waals surface area (Å²) in [5, 5.41) is 3.23. The first kappa shape index (κ1) is 11.1. The van der Waals surface area contributed by atoms with Gasteiger partial charge in [0.05, 0.1) is 11.9 Å². The average molecular weight is 237 g/mol. The molecule has 0 fully saturated rings. The van der Waals surface area contributed by atoms with Gasteiger partial charge in [-0.05, 0) is 30.9 Å². The number of carbonyl (C=O) groups is 1. The van der Waals surface area contributed by atoms with Crippen LogP contribution < -0.4 is 5.32 Å². The molecular weight excluding hydrogens is 224 g/mol. The molecule has 1 aliphatic carbocycles. The van der Waals surface area contributed by atoms with Crippen LogP contribution in [0.4, 0.5) is 5.69 Å². The SMILES string of the molecule is O=C(CC1C=CCC1)Nc1ccc(Cl)nc1. The molecule has 1 amide bonds. The second-order valence-corrected chi connectivity index (χ2v) is 4.27. The molecule has 1 unspecified atom stereocenters. The lowest BCUT2D eigenvalue weighted by atomic mass is 10.1. The zero-order chi connectivity index (χ0) is 11.4. The van der Waals surface area contributed by atoms with Crippen molar-refractivity contribution in [2.24, 2.45) is 5.92 Å². The third-order valence-electron chi connectivity index (χ3n) is 2.57. The van der Waals surface area contributed by atoms with Gasteiger partial charge in [-0.2, -0.15) is 0 Å². The van der Waals surface area contributed by atoms with Gasteiger partial charge in [-0.1, -0.05) is 23.8 Å². The predicted octanol–water partition coefficient (Wildman–Crippen LogP) is 3.03. The number of hydrogen-bond acceptors (Lipinski definition) is 2. The lowest BCUT2D eigenvalue weighted by molar-refractivity contribution is -0.116. The highest BCUT2D eigenvalue weighted by atomic mass is 35.5. The van der Waals surface area contributed by atoms with Gasteiger partial charge in [-0.3, -0.25) is 4.79 Å². The Kier molecular flexibility index (Phi) is 3.57. The van der Waals surface area contributed by atoms with E-state index < -0.39 is 0 Å². The largest absolute Gasteiger partial charge is 0.325 e. The summed E-state index contributed by atoms with van der Waals surface area (Å²) in [5.41, 5.74) is 0.691. The average Bonchev–Trinajstić information content (AvgIpc) is 2.74. The van der Waals surface area contributed by atoms with Gasteiger partial charge in [0.15, 0.2) is 0 Å². The number of amides is 1. The maximum atomic E-state index is 11.6. The maximum Gasteiger partial charge on any atom is 0.225 e. The van der Waals surface area contributed by atoms with E-state index in [0.717, 1.165) is 12.8 Å². The van der Waals surface area contributed by atoms with E-state index in [-0.39, 0.29) is 5.91 Å². The molecule has 84 valence electrons. The molecule has 0 saturated heterocycles. The van der Waals surface area contributed by atoms with Crippen LogP contribution in [0, 0.1) is 5.92 Å². The number of rotatable bonds is 3. The zero-order valence-corrected chi connectivity index (χ0v) is 9.57. The van der Waals surface area contributed by atoms with Crippen LogP contribution >= 0.6 is 11.6 Å². The van der Waals surface area contributed by atoms with Crippen LogP contribution in [0.1, 0.15) is 19.3 Å². The van der Waals surface area contributed by atoms with Crippen molar-refractivity contribution in [1.29, 1.82) is 0 Å². The molecule has 0 aromatic carbocycles. The minimum Gasteiger partial charge on any atom is -0.325 e. The van der Waals surface area contributed by atoms with Crippen molar-refractivity contribution >= 4 is 23.2 Å². The first-order valence-corrected chi connectivity index (χ1v) is 5.70. The molecule has 2 rings (SSSR count). The molecule has 0 spiro atoms. The molecule has 0 bridgehead atoms. The molecule has 1 aliphatic rings. The fraction of sp³-hybridized carbons (Fsp3) is 0.333. The number of aromatic nitrogens is 1. The van der Waals surface area contributed by atoms with E-state index in [1.807, 2.05) is 0 Å². The van der Waals surface area contributed by atoms with E-state index in [9.17, 15) is 4.79 Å². The van der Waals surface area contributed by atoms with Crippen LogP contribution in [0.3, 0.4) is 0 Å². The number of nitrogens with one attached hydrogen (secondary N) is 1. The lowest BCUT2D eigenvalue weighted by Crippen LogP contribution is -2.14. The van der Waals surface area contributed by atoms with Crippen molar-refractivity contribution in [3.05, 3.63) is 35.6 Å². The van der Waals surface area contributed by atoms with Gasteiger partial charge in [0.2, 0.25) is 5.91 Å². The summed E-state index contributed by atoms with van der Waals surface area (Å²) < 4.78 is 0. The third kappa shape index (κ3) is 3.07. The smallest absolute Gasteiger partial charge is 0.225 e. The summed E-state index contributed by atoms with van der Waals surface area (Å²) >= 11 is 5.65. The second-order valence-electron chi connectivity index (χ2n) is 3.89. The van der Waals surface area contributed by atoms with Crippen molar-refractivity contribution < 1.29 is 4.79 Å². The highest BCUT2D eigenvalue weighted by Crippen LogP contribution is 2.21. The van der Waals surface area contributed by atoms with Crippen molar-refractivity contribution in [1.82, 2.24) is 4.98 Å². The Morgan fingerprint density at radius 1 is 1.56 bits per heavy atom. The Morgan fingerprint density at radius 3 is 3.06 bits per heavy atom. The fourth-order valence-electron chi connectivity index (χ4n) is 1.77. The molecule has 16 heavy (non-hydrogen) atoms. The van der Waals surface area contributed by atoms with Crippen molar-refractivity contribution in [2.45, 2.75) is 19.3 Å². The van der Waals surface area contributed by atoms with Gasteiger partial charge >= 0.3 is 0 Å². The number of anilines is 1. The number of pyridine rings is 1. The molecule has 1 heterocycles. The number of hydrogen-bond donors (Lipinski definition) is 1. The molecule has 4 heteroatoms. The first-order chi connectivity index (χ1) is 7.74. The second kappa shape index (κ2) is 5.12. The van der Waals surface area contributed by atoms with Gasteiger partial charge in [0.25, 0.3) is 0 Å². The van der Waals surface area contributed by atoms with Crippen molar-refractivity contribution in [3.63, 3.8) is 0 Å². The number of halogens is 1. The van der Waals surface area contributed by atoms with Gasteiger partial charge in [0.1, 0.15) is 5.15 Å². The summed E-state index contributed by atoms with van der Waals surface area (Å²) in [6, 6.07) is 3.41. The normalized spacial score (nSPS) is 18.7. The van der Waals surface area contributed by atoms with Crippen LogP contribution in [0.15, 0.2) is 30.5 Å². The van der Waals surface area contributed by atoms with Crippen LogP contribution in [-0.4, -0.2) is 10.9 Å². The first-order valence-electron chi connectivity index (χ1n) is 5.32. The van der Waals surface area contributed by atoms with Gasteiger partial charge in [-0.25, -0.2) is 4.98 Å². The summed E-state index contributed by atoms with van der Waals surface area (Å²) in [4.78, 5) is 15.5. The van der Waals surface area contributed by atoms with E-state index in [1.54, 1.807) is 18.3 Å². The summed E-state index contributed by atoms with van der Waals surface area (Å²) in [5.74, 6) is 0.418. The van der Waals surface area contributed by atoms with E-state index in [0.29, 0.717) is 23.2 Å². The maximum absolute atomic E-state index is 11.6. The molecule has 3 nitrogen and oxygen atoms in total. The zero-order valence-electron chi connectivity index (χ0n) is 8.82. The molecule has 1 aromatic rings. The summed E-state index contributed by atoms with van der Waals surface area (Å²) in [6.45, 7) is 0. The Labute approximate surface area is 99.5 Å². The fourth-order valence-corrected chi connectivity index (χ4v) is 1.88. The van der Waals surface area contributed by atoms with Crippen LogP contribution in [0.2, 0.25) is 5.15 Å². The van der Waals surface area contributed by atoms with E-state index in [4.69, 9.17) is 11.6 Å². The molecule has 0 radical (unpaired) electrons. The highest BCUT2D eigenvalue weighted by Gasteiger charge is 2.13. The molecule has 1 atom stereocenters. The highest BCUT2D eigenvalue weighted by molar-refractivity contribution is 6.29. The monoisotopic (exact) mass is 236 g/mol. The lowest BCUT2D eigenvalue weighted by Gasteiger charge is -2.08. The molecule has 0 saturated carbocycles. The third-order valence-corrected chi connectivity index (χ3v) is 2.79. The number of allylic oxidation sites excluding steroid dienone is 2. The molecule has 1 aromatic heterocycles. The standard InChI is InChI=1S/C12H13ClN2O/c13-11-6-5-10(8-14-11)15-12(16)7-9-3-1-2-4-9/h1,3,5-6,8-9H,2,4,7H2,(H,15,16). The van der Waals surface area contributed by atoms with Gasteiger partial charge in [-0.15, -0.1) is 0 Å².